The highest BCUT2D eigenvalue weighted by Gasteiger charge is 2.53. The minimum atomic E-state index is -0.843. The number of nitrogens with zero attached hydrogens (tertiary/aromatic N) is 2. The molecule has 6 nitrogen and oxygen atoms in total. The van der Waals surface area contributed by atoms with Gasteiger partial charge in [-0.1, -0.05) is 0 Å². The fraction of sp³-hybridized carbons (Fsp3) is 0.462. The number of benzene rings is 1. The molecule has 0 atom stereocenters. The maximum Gasteiger partial charge on any atom is 0.285 e. The SMILES string of the molecule is O=C(c1ccc(F)cc1[N+](=O)[O-])N1CC(O)(C2CC2)C1. The van der Waals surface area contributed by atoms with Gasteiger partial charge in [-0.05, 0) is 30.9 Å². The van der Waals surface area contributed by atoms with Crippen molar-refractivity contribution >= 4 is 11.6 Å². The molecule has 1 N–H and O–H groups in total. The summed E-state index contributed by atoms with van der Waals surface area (Å²) in [5.41, 5.74) is -1.53. The highest BCUT2D eigenvalue weighted by atomic mass is 19.1. The van der Waals surface area contributed by atoms with Crippen molar-refractivity contribution in [3.8, 4) is 0 Å². The van der Waals surface area contributed by atoms with Crippen molar-refractivity contribution in [2.24, 2.45) is 5.92 Å². The van der Waals surface area contributed by atoms with Crippen LogP contribution in [0, 0.1) is 21.8 Å². The van der Waals surface area contributed by atoms with Gasteiger partial charge in [-0.25, -0.2) is 4.39 Å². The first-order valence-electron chi connectivity index (χ1n) is 6.36. The predicted molar refractivity (Wildman–Crippen MR) is 66.6 cm³/mol. The second-order valence-corrected chi connectivity index (χ2v) is 5.46. The average Bonchev–Trinajstić information content (AvgIpc) is 3.18. The lowest BCUT2D eigenvalue weighted by Gasteiger charge is -2.46. The summed E-state index contributed by atoms with van der Waals surface area (Å²) < 4.78 is 13.0. The second kappa shape index (κ2) is 4.24. The first-order valence-corrected chi connectivity index (χ1v) is 6.36. The monoisotopic (exact) mass is 280 g/mol. The molecule has 1 saturated heterocycles. The minimum Gasteiger partial charge on any atom is -0.386 e. The summed E-state index contributed by atoms with van der Waals surface area (Å²) in [7, 11) is 0. The fourth-order valence-electron chi connectivity index (χ4n) is 2.64. The topological polar surface area (TPSA) is 83.7 Å². The molecule has 20 heavy (non-hydrogen) atoms. The number of halogens is 1. The maximum absolute atomic E-state index is 13.0. The normalized spacial score (nSPS) is 20.4. The molecule has 0 spiro atoms. The van der Waals surface area contributed by atoms with Gasteiger partial charge in [0.25, 0.3) is 11.6 Å². The van der Waals surface area contributed by atoms with Crippen molar-refractivity contribution in [3.05, 3.63) is 39.7 Å². The Morgan fingerprint density at radius 3 is 2.65 bits per heavy atom. The third-order valence-electron chi connectivity index (χ3n) is 3.94. The zero-order valence-corrected chi connectivity index (χ0v) is 10.6. The van der Waals surface area contributed by atoms with Crippen LogP contribution in [0.15, 0.2) is 18.2 Å². The smallest absolute Gasteiger partial charge is 0.285 e. The predicted octanol–water partition coefficient (Wildman–Crippen LogP) is 1.33. The van der Waals surface area contributed by atoms with Crippen molar-refractivity contribution in [1.82, 2.24) is 4.90 Å². The van der Waals surface area contributed by atoms with Crippen molar-refractivity contribution in [2.75, 3.05) is 13.1 Å². The first kappa shape index (κ1) is 13.0. The highest BCUT2D eigenvalue weighted by molar-refractivity contribution is 5.98. The number of nitro benzene ring substituents is 1. The summed E-state index contributed by atoms with van der Waals surface area (Å²) in [5, 5.41) is 21.0. The Bertz CT molecular complexity index is 594. The molecular weight excluding hydrogens is 267 g/mol. The van der Waals surface area contributed by atoms with Crippen LogP contribution in [-0.4, -0.2) is 39.5 Å². The molecular formula is C13H13FN2O4. The molecule has 106 valence electrons. The number of carbonyl (C=O) groups is 1. The Labute approximate surface area is 114 Å². The lowest BCUT2D eigenvalue weighted by molar-refractivity contribution is -0.385. The third kappa shape index (κ3) is 2.03. The molecule has 1 heterocycles. The maximum atomic E-state index is 13.0. The van der Waals surface area contributed by atoms with E-state index in [4.69, 9.17) is 0 Å². The molecule has 1 saturated carbocycles. The number of aliphatic hydroxyl groups is 1. The number of carbonyl (C=O) groups excluding carboxylic acids is 1. The van der Waals surface area contributed by atoms with Crippen LogP contribution in [0.4, 0.5) is 10.1 Å². The molecule has 0 unspecified atom stereocenters. The molecule has 1 aromatic rings. The van der Waals surface area contributed by atoms with Gasteiger partial charge in [-0.2, -0.15) is 0 Å². The summed E-state index contributed by atoms with van der Waals surface area (Å²) in [4.78, 5) is 23.6. The zero-order chi connectivity index (χ0) is 14.5. The van der Waals surface area contributed by atoms with Gasteiger partial charge >= 0.3 is 0 Å². The van der Waals surface area contributed by atoms with Crippen LogP contribution in [-0.2, 0) is 0 Å². The largest absolute Gasteiger partial charge is 0.386 e. The van der Waals surface area contributed by atoms with Gasteiger partial charge in [-0.3, -0.25) is 14.9 Å². The second-order valence-electron chi connectivity index (χ2n) is 5.46. The van der Waals surface area contributed by atoms with Gasteiger partial charge in [0.1, 0.15) is 17.0 Å². The summed E-state index contributed by atoms with van der Waals surface area (Å²) >= 11 is 0. The van der Waals surface area contributed by atoms with E-state index in [1.54, 1.807) is 0 Å². The minimum absolute atomic E-state index is 0.144. The van der Waals surface area contributed by atoms with E-state index in [9.17, 15) is 24.4 Å². The molecule has 0 bridgehead atoms. The number of hydrogen-bond donors (Lipinski definition) is 1. The number of rotatable bonds is 3. The van der Waals surface area contributed by atoms with Gasteiger partial charge in [0, 0.05) is 0 Å². The molecule has 2 aliphatic rings. The lowest BCUT2D eigenvalue weighted by atomic mass is 9.88. The Morgan fingerprint density at radius 1 is 1.45 bits per heavy atom. The number of β-amino-alcohol motifs (C(OH)–C–C–N with tert-alkyl or cyclic N) is 1. The van der Waals surface area contributed by atoms with Gasteiger partial charge < -0.3 is 10.0 Å². The Morgan fingerprint density at radius 2 is 2.10 bits per heavy atom. The first-order chi connectivity index (χ1) is 9.40. The van der Waals surface area contributed by atoms with E-state index >= 15 is 0 Å². The number of hydrogen-bond acceptors (Lipinski definition) is 4. The van der Waals surface area contributed by atoms with Crippen molar-refractivity contribution in [1.29, 1.82) is 0 Å². The van der Waals surface area contributed by atoms with E-state index in [0.29, 0.717) is 0 Å². The van der Waals surface area contributed by atoms with Crippen LogP contribution in [0.25, 0.3) is 0 Å². The summed E-state index contributed by atoms with van der Waals surface area (Å²) in [6.45, 7) is 0.371. The molecule has 1 aliphatic heterocycles. The Kier molecular flexibility index (Phi) is 2.75. The quantitative estimate of drug-likeness (QED) is 0.668. The molecule has 7 heteroatoms. The lowest BCUT2D eigenvalue weighted by Crippen LogP contribution is -2.64. The summed E-state index contributed by atoms with van der Waals surface area (Å²) in [6, 6.07) is 2.87. The molecule has 1 aromatic carbocycles. The molecule has 1 amide bonds. The van der Waals surface area contributed by atoms with Crippen LogP contribution in [0.1, 0.15) is 23.2 Å². The van der Waals surface area contributed by atoms with Gasteiger partial charge in [0.15, 0.2) is 0 Å². The number of likely N-dealkylation sites (tertiary alicyclic amines) is 1. The van der Waals surface area contributed by atoms with Crippen LogP contribution in [0.3, 0.4) is 0 Å². The number of amides is 1. The standard InChI is InChI=1S/C13H13FN2O4/c14-9-3-4-10(11(5-9)16(19)20)12(17)15-6-13(18,7-15)8-1-2-8/h3-5,8,18H,1-2,6-7H2. The van der Waals surface area contributed by atoms with Crippen LogP contribution in [0.5, 0.6) is 0 Å². The fourth-order valence-corrected chi connectivity index (χ4v) is 2.64. The van der Waals surface area contributed by atoms with Crippen molar-refractivity contribution in [2.45, 2.75) is 18.4 Å². The van der Waals surface area contributed by atoms with E-state index in [1.165, 1.54) is 4.90 Å². The summed E-state index contributed by atoms with van der Waals surface area (Å²) in [6.07, 6.45) is 1.91. The zero-order valence-electron chi connectivity index (χ0n) is 10.6. The van der Waals surface area contributed by atoms with E-state index < -0.39 is 27.9 Å². The molecule has 0 aromatic heterocycles. The van der Waals surface area contributed by atoms with Crippen molar-refractivity contribution < 1.29 is 19.2 Å². The average molecular weight is 280 g/mol. The van der Waals surface area contributed by atoms with Crippen LogP contribution in [0.2, 0.25) is 0 Å². The van der Waals surface area contributed by atoms with Gasteiger partial charge in [-0.15, -0.1) is 0 Å². The van der Waals surface area contributed by atoms with Gasteiger partial charge in [0.05, 0.1) is 24.1 Å². The number of nitro groups is 1. The van der Waals surface area contributed by atoms with Gasteiger partial charge in [0.2, 0.25) is 0 Å². The van der Waals surface area contributed by atoms with Crippen LogP contribution < -0.4 is 0 Å². The van der Waals surface area contributed by atoms with Crippen LogP contribution >= 0.6 is 0 Å². The van der Waals surface area contributed by atoms with Crippen molar-refractivity contribution in [3.63, 3.8) is 0 Å². The van der Waals surface area contributed by atoms with E-state index in [-0.39, 0.29) is 24.6 Å². The Balaban J connectivity index is 1.80. The van der Waals surface area contributed by atoms with E-state index in [1.807, 2.05) is 0 Å². The Hall–Kier alpha value is -2.02. The van der Waals surface area contributed by atoms with E-state index in [0.717, 1.165) is 31.0 Å². The molecule has 2 fully saturated rings. The molecule has 0 radical (unpaired) electrons. The molecule has 3 rings (SSSR count). The molecule has 1 aliphatic carbocycles. The van der Waals surface area contributed by atoms with E-state index in [2.05, 4.69) is 0 Å². The summed E-state index contributed by atoms with van der Waals surface area (Å²) in [5.74, 6) is -1.07. The third-order valence-corrected chi connectivity index (χ3v) is 3.94. The highest BCUT2D eigenvalue weighted by Crippen LogP contribution is 2.45.